The fraction of sp³-hybridized carbons (Fsp3) is 0.467. The summed E-state index contributed by atoms with van der Waals surface area (Å²) in [5.74, 6) is 0.346. The van der Waals surface area contributed by atoms with Crippen molar-refractivity contribution in [1.82, 2.24) is 10.3 Å². The van der Waals surface area contributed by atoms with Gasteiger partial charge in [-0.05, 0) is 32.4 Å². The van der Waals surface area contributed by atoms with Crippen molar-refractivity contribution < 1.29 is 18.0 Å². The molecule has 1 fully saturated rings. The van der Waals surface area contributed by atoms with Gasteiger partial charge in [0.1, 0.15) is 5.82 Å². The van der Waals surface area contributed by atoms with Crippen LogP contribution in [-0.4, -0.2) is 30.0 Å². The maximum atomic E-state index is 12.5. The van der Waals surface area contributed by atoms with Crippen LogP contribution in [0.25, 0.3) is 0 Å². The summed E-state index contributed by atoms with van der Waals surface area (Å²) in [5, 5.41) is 2.88. The lowest BCUT2D eigenvalue weighted by Gasteiger charge is -2.18. The van der Waals surface area contributed by atoms with Crippen molar-refractivity contribution in [3.63, 3.8) is 0 Å². The Morgan fingerprint density at radius 3 is 2.68 bits per heavy atom. The number of halogens is 3. The number of carbonyl (C=O) groups is 1. The first kappa shape index (κ1) is 16.3. The number of nitrogens with zero attached hydrogens (tertiary/aromatic N) is 2. The molecular formula is C15H18F3N3O. The van der Waals surface area contributed by atoms with E-state index in [4.69, 9.17) is 0 Å². The highest BCUT2D eigenvalue weighted by atomic mass is 19.4. The third-order valence-electron chi connectivity index (χ3n) is 3.35. The lowest BCUT2D eigenvalue weighted by molar-refractivity contribution is -0.137. The van der Waals surface area contributed by atoms with Crippen LogP contribution >= 0.6 is 0 Å². The molecule has 0 bridgehead atoms. The van der Waals surface area contributed by atoms with Gasteiger partial charge in [-0.2, -0.15) is 13.2 Å². The Balaban J connectivity index is 1.96. The second-order valence-electron chi connectivity index (χ2n) is 5.56. The number of anilines is 1. The van der Waals surface area contributed by atoms with Crippen LogP contribution in [0.4, 0.5) is 19.0 Å². The monoisotopic (exact) mass is 313 g/mol. The number of hydrogen-bond donors (Lipinski definition) is 1. The molecule has 1 N–H and O–H groups in total. The zero-order valence-electron chi connectivity index (χ0n) is 12.4. The Kier molecular flexibility index (Phi) is 4.73. The van der Waals surface area contributed by atoms with Crippen LogP contribution in [0.15, 0.2) is 30.0 Å². The molecule has 0 spiro atoms. The lowest BCUT2D eigenvalue weighted by atomic mass is 10.2. The number of nitrogens with one attached hydrogen (secondary N) is 1. The summed E-state index contributed by atoms with van der Waals surface area (Å²) in [6, 6.07) is 2.37. The highest BCUT2D eigenvalue weighted by molar-refractivity contribution is 5.88. The number of allylic oxidation sites excluding steroid dienone is 1. The summed E-state index contributed by atoms with van der Waals surface area (Å²) in [4.78, 5) is 17.4. The molecule has 2 heterocycles. The Morgan fingerprint density at radius 2 is 2.14 bits per heavy atom. The number of pyridine rings is 1. The molecule has 1 saturated heterocycles. The van der Waals surface area contributed by atoms with Crippen molar-refractivity contribution in [2.45, 2.75) is 32.5 Å². The molecule has 22 heavy (non-hydrogen) atoms. The molecule has 4 nitrogen and oxygen atoms in total. The maximum absolute atomic E-state index is 12.5. The molecule has 0 saturated carbocycles. The highest BCUT2D eigenvalue weighted by Gasteiger charge is 2.31. The summed E-state index contributed by atoms with van der Waals surface area (Å²) >= 11 is 0. The average Bonchev–Trinajstić information content (AvgIpc) is 2.85. The first-order valence-electron chi connectivity index (χ1n) is 6.99. The molecule has 0 radical (unpaired) electrons. The molecule has 1 aliphatic rings. The Morgan fingerprint density at radius 1 is 1.41 bits per heavy atom. The van der Waals surface area contributed by atoms with Crippen molar-refractivity contribution in [3.05, 3.63) is 35.5 Å². The topological polar surface area (TPSA) is 45.2 Å². The first-order chi connectivity index (χ1) is 10.3. The quantitative estimate of drug-likeness (QED) is 0.873. The Bertz CT molecular complexity index is 562. The molecule has 0 aliphatic carbocycles. The minimum absolute atomic E-state index is 0.0211. The van der Waals surface area contributed by atoms with E-state index in [1.807, 2.05) is 18.7 Å². The predicted molar refractivity (Wildman–Crippen MR) is 77.4 cm³/mol. The highest BCUT2D eigenvalue weighted by Crippen LogP contribution is 2.29. The van der Waals surface area contributed by atoms with E-state index < -0.39 is 11.7 Å². The van der Waals surface area contributed by atoms with Crippen molar-refractivity contribution >= 4 is 11.7 Å². The van der Waals surface area contributed by atoms with E-state index in [0.29, 0.717) is 18.9 Å². The summed E-state index contributed by atoms with van der Waals surface area (Å²) in [7, 11) is 0. The van der Waals surface area contributed by atoms with Crippen molar-refractivity contribution in [2.24, 2.45) is 0 Å². The van der Waals surface area contributed by atoms with Gasteiger partial charge in [0.05, 0.1) is 5.56 Å². The van der Waals surface area contributed by atoms with Crippen LogP contribution in [0, 0.1) is 0 Å². The van der Waals surface area contributed by atoms with Gasteiger partial charge in [0, 0.05) is 31.4 Å². The largest absolute Gasteiger partial charge is 0.417 e. The standard InChI is InChI=1S/C15H18F3N3O/c1-10(2)7-14(22)20-12-5-6-21(9-12)13-4-3-11(8-19-13)15(16,17)18/h3-4,7-8,12H,5-6,9H2,1-2H3,(H,20,22). The lowest BCUT2D eigenvalue weighted by Crippen LogP contribution is -2.36. The van der Waals surface area contributed by atoms with E-state index in [1.54, 1.807) is 0 Å². The SMILES string of the molecule is CC(C)=CC(=O)NC1CCN(c2ccc(C(F)(F)F)cn2)C1. The molecule has 1 aromatic heterocycles. The maximum Gasteiger partial charge on any atom is 0.417 e. The van der Waals surface area contributed by atoms with Gasteiger partial charge in [-0.15, -0.1) is 0 Å². The van der Waals surface area contributed by atoms with Gasteiger partial charge in [0.15, 0.2) is 0 Å². The second-order valence-corrected chi connectivity index (χ2v) is 5.56. The number of aromatic nitrogens is 1. The molecule has 1 amide bonds. The Labute approximate surface area is 127 Å². The third-order valence-corrected chi connectivity index (χ3v) is 3.35. The van der Waals surface area contributed by atoms with Crippen LogP contribution in [0.1, 0.15) is 25.8 Å². The zero-order valence-corrected chi connectivity index (χ0v) is 12.4. The van der Waals surface area contributed by atoms with Crippen LogP contribution < -0.4 is 10.2 Å². The molecule has 1 aromatic rings. The summed E-state index contributed by atoms with van der Waals surface area (Å²) in [5.41, 5.74) is 0.153. The van der Waals surface area contributed by atoms with Crippen LogP contribution in [0.2, 0.25) is 0 Å². The number of rotatable bonds is 3. The van der Waals surface area contributed by atoms with Gasteiger partial charge < -0.3 is 10.2 Å². The molecule has 120 valence electrons. The van der Waals surface area contributed by atoms with Crippen LogP contribution in [0.3, 0.4) is 0 Å². The molecule has 0 aromatic carbocycles. The molecule has 1 atom stereocenters. The van der Waals surface area contributed by atoms with Crippen LogP contribution in [0.5, 0.6) is 0 Å². The van der Waals surface area contributed by atoms with Gasteiger partial charge in [-0.25, -0.2) is 4.98 Å². The number of amides is 1. The normalized spacial score (nSPS) is 18.2. The molecule has 7 heteroatoms. The summed E-state index contributed by atoms with van der Waals surface area (Å²) in [6.07, 6.45) is -1.27. The van der Waals surface area contributed by atoms with Crippen molar-refractivity contribution in [3.8, 4) is 0 Å². The van der Waals surface area contributed by atoms with E-state index >= 15 is 0 Å². The van der Waals surface area contributed by atoms with Crippen LogP contribution in [-0.2, 0) is 11.0 Å². The summed E-state index contributed by atoms with van der Waals surface area (Å²) in [6.45, 7) is 4.87. The third kappa shape index (κ3) is 4.22. The Hall–Kier alpha value is -2.05. The molecular weight excluding hydrogens is 295 g/mol. The number of carbonyl (C=O) groups excluding carboxylic acids is 1. The second kappa shape index (κ2) is 6.37. The molecule has 2 rings (SSSR count). The smallest absolute Gasteiger partial charge is 0.354 e. The fourth-order valence-corrected chi connectivity index (χ4v) is 2.33. The van der Waals surface area contributed by atoms with Gasteiger partial charge >= 0.3 is 6.18 Å². The summed E-state index contributed by atoms with van der Waals surface area (Å²) < 4.78 is 37.5. The minimum atomic E-state index is -4.38. The fourth-order valence-electron chi connectivity index (χ4n) is 2.33. The van der Waals surface area contributed by atoms with E-state index in [9.17, 15) is 18.0 Å². The van der Waals surface area contributed by atoms with E-state index in [0.717, 1.165) is 24.3 Å². The van der Waals surface area contributed by atoms with E-state index in [2.05, 4.69) is 10.3 Å². The van der Waals surface area contributed by atoms with Gasteiger partial charge in [0.2, 0.25) is 5.91 Å². The molecule has 1 unspecified atom stereocenters. The zero-order chi connectivity index (χ0) is 16.3. The predicted octanol–water partition coefficient (Wildman–Crippen LogP) is 2.76. The first-order valence-corrected chi connectivity index (χ1v) is 6.99. The molecule has 1 aliphatic heterocycles. The van der Waals surface area contributed by atoms with E-state index in [1.165, 1.54) is 12.1 Å². The van der Waals surface area contributed by atoms with Gasteiger partial charge in [-0.1, -0.05) is 5.57 Å². The van der Waals surface area contributed by atoms with Gasteiger partial charge in [0.25, 0.3) is 0 Å². The van der Waals surface area contributed by atoms with E-state index in [-0.39, 0.29) is 11.9 Å². The number of hydrogen-bond acceptors (Lipinski definition) is 3. The average molecular weight is 313 g/mol. The minimum Gasteiger partial charge on any atom is -0.354 e. The van der Waals surface area contributed by atoms with Crippen molar-refractivity contribution in [1.29, 1.82) is 0 Å². The number of alkyl halides is 3. The van der Waals surface area contributed by atoms with Crippen molar-refractivity contribution in [2.75, 3.05) is 18.0 Å². The van der Waals surface area contributed by atoms with Gasteiger partial charge in [-0.3, -0.25) is 4.79 Å².